The van der Waals surface area contributed by atoms with Crippen molar-refractivity contribution in [1.82, 2.24) is 10.3 Å². The molecule has 3 aromatic rings. The summed E-state index contributed by atoms with van der Waals surface area (Å²) in [6.45, 7) is 2.21. The van der Waals surface area contributed by atoms with E-state index in [9.17, 15) is 22.0 Å². The van der Waals surface area contributed by atoms with Crippen molar-refractivity contribution in [2.75, 3.05) is 0 Å². The van der Waals surface area contributed by atoms with Gasteiger partial charge in [0.1, 0.15) is 0 Å². The molecule has 0 fully saturated rings. The van der Waals surface area contributed by atoms with E-state index in [-0.39, 0.29) is 12.1 Å². The van der Waals surface area contributed by atoms with E-state index in [2.05, 4.69) is 10.3 Å². The van der Waals surface area contributed by atoms with Crippen LogP contribution in [0, 0.1) is 6.92 Å². The van der Waals surface area contributed by atoms with Crippen LogP contribution in [0.4, 0.5) is 8.78 Å². The Morgan fingerprint density at radius 2 is 1.75 bits per heavy atom. The summed E-state index contributed by atoms with van der Waals surface area (Å²) in [7, 11) is -4.67. The molecule has 1 heterocycles. The molecule has 1 aromatic heterocycles. The molecule has 0 unspecified atom stereocenters. The van der Waals surface area contributed by atoms with Crippen molar-refractivity contribution in [2.45, 2.75) is 24.1 Å². The van der Waals surface area contributed by atoms with Gasteiger partial charge in [0.2, 0.25) is 9.84 Å². The SMILES string of the molecule is Cc1nc(-c2ccc(CNC(=O)c3ccc(S(=O)(=O)C(F)F)cc3)cc2)cs1. The van der Waals surface area contributed by atoms with Crippen molar-refractivity contribution in [3.8, 4) is 11.3 Å². The lowest BCUT2D eigenvalue weighted by molar-refractivity contribution is 0.0951. The number of alkyl halides is 2. The maximum atomic E-state index is 12.5. The normalized spacial score (nSPS) is 11.6. The minimum absolute atomic E-state index is 0.183. The van der Waals surface area contributed by atoms with Gasteiger partial charge in [-0.05, 0) is 36.8 Å². The highest BCUT2D eigenvalue weighted by molar-refractivity contribution is 7.91. The molecule has 0 saturated heterocycles. The fourth-order valence-corrected chi connectivity index (χ4v) is 3.82. The Hall–Kier alpha value is -2.65. The quantitative estimate of drug-likeness (QED) is 0.650. The summed E-state index contributed by atoms with van der Waals surface area (Å²) >= 11 is 1.57. The Labute approximate surface area is 165 Å². The highest BCUT2D eigenvalue weighted by Gasteiger charge is 2.26. The highest BCUT2D eigenvalue weighted by Crippen LogP contribution is 2.22. The number of halogens is 2. The molecule has 0 radical (unpaired) electrons. The van der Waals surface area contributed by atoms with E-state index in [0.717, 1.165) is 34.0 Å². The smallest absolute Gasteiger partial charge is 0.341 e. The number of thiazole rings is 1. The van der Waals surface area contributed by atoms with Crippen LogP contribution in [0.3, 0.4) is 0 Å². The monoisotopic (exact) mass is 422 g/mol. The topological polar surface area (TPSA) is 76.1 Å². The Kier molecular flexibility index (Phi) is 5.85. The average molecular weight is 422 g/mol. The molecule has 0 spiro atoms. The van der Waals surface area contributed by atoms with Crippen molar-refractivity contribution >= 4 is 27.1 Å². The van der Waals surface area contributed by atoms with E-state index in [1.165, 1.54) is 12.1 Å². The van der Waals surface area contributed by atoms with Crippen molar-refractivity contribution in [1.29, 1.82) is 0 Å². The van der Waals surface area contributed by atoms with Crippen LogP contribution in [-0.4, -0.2) is 25.1 Å². The van der Waals surface area contributed by atoms with E-state index in [0.29, 0.717) is 0 Å². The molecule has 3 rings (SSSR count). The van der Waals surface area contributed by atoms with Crippen molar-refractivity contribution in [2.24, 2.45) is 0 Å². The number of sulfone groups is 1. The maximum absolute atomic E-state index is 12.5. The standard InChI is InChI=1S/C19H16F2N2O3S2/c1-12-23-17(11-27-12)14-4-2-13(3-5-14)10-22-18(24)15-6-8-16(9-7-15)28(25,26)19(20)21/h2-9,11,19H,10H2,1H3,(H,22,24). The van der Waals surface area contributed by atoms with Crippen LogP contribution in [0.15, 0.2) is 58.8 Å². The van der Waals surface area contributed by atoms with Gasteiger partial charge >= 0.3 is 5.76 Å². The molecule has 0 saturated carbocycles. The Morgan fingerprint density at radius 1 is 1.11 bits per heavy atom. The van der Waals surface area contributed by atoms with Gasteiger partial charge in [0.15, 0.2) is 0 Å². The summed E-state index contributed by atoms with van der Waals surface area (Å²) < 4.78 is 47.9. The number of rotatable bonds is 6. The van der Waals surface area contributed by atoms with Crippen LogP contribution < -0.4 is 5.32 Å². The van der Waals surface area contributed by atoms with Crippen molar-refractivity contribution < 1.29 is 22.0 Å². The van der Waals surface area contributed by atoms with Gasteiger partial charge in [-0.25, -0.2) is 13.4 Å². The second-order valence-electron chi connectivity index (χ2n) is 5.96. The molecule has 28 heavy (non-hydrogen) atoms. The molecule has 1 amide bonds. The highest BCUT2D eigenvalue weighted by atomic mass is 32.2. The van der Waals surface area contributed by atoms with Crippen LogP contribution in [0.5, 0.6) is 0 Å². The molecule has 0 aliphatic heterocycles. The second-order valence-corrected chi connectivity index (χ2v) is 8.94. The van der Waals surface area contributed by atoms with E-state index < -0.39 is 26.4 Å². The van der Waals surface area contributed by atoms with Gasteiger partial charge < -0.3 is 5.32 Å². The number of nitrogens with one attached hydrogen (secondary N) is 1. The fourth-order valence-electron chi connectivity index (χ4n) is 2.47. The number of amides is 1. The fraction of sp³-hybridized carbons (Fsp3) is 0.158. The lowest BCUT2D eigenvalue weighted by atomic mass is 10.1. The zero-order valence-corrected chi connectivity index (χ0v) is 16.4. The molecule has 9 heteroatoms. The molecule has 5 nitrogen and oxygen atoms in total. The van der Waals surface area contributed by atoms with Crippen LogP contribution in [0.25, 0.3) is 11.3 Å². The van der Waals surface area contributed by atoms with Crippen LogP contribution in [0.2, 0.25) is 0 Å². The predicted molar refractivity (Wildman–Crippen MR) is 103 cm³/mol. The number of nitrogens with zero attached hydrogens (tertiary/aromatic N) is 1. The van der Waals surface area contributed by atoms with Crippen molar-refractivity contribution in [3.63, 3.8) is 0 Å². The predicted octanol–water partition coefficient (Wildman–Crippen LogP) is 4.04. The molecule has 1 N–H and O–H groups in total. The number of hydrogen-bond donors (Lipinski definition) is 1. The summed E-state index contributed by atoms with van der Waals surface area (Å²) in [4.78, 5) is 16.1. The van der Waals surface area contributed by atoms with Gasteiger partial charge in [-0.1, -0.05) is 24.3 Å². The maximum Gasteiger partial charge on any atom is 0.341 e. The summed E-state index contributed by atoms with van der Waals surface area (Å²) in [5.41, 5.74) is 2.94. The van der Waals surface area contributed by atoms with Gasteiger partial charge in [0.25, 0.3) is 5.91 Å². The van der Waals surface area contributed by atoms with E-state index in [1.54, 1.807) is 11.3 Å². The first-order valence-corrected chi connectivity index (χ1v) is 10.6. The number of aryl methyl sites for hydroxylation is 1. The minimum atomic E-state index is -4.67. The van der Waals surface area contributed by atoms with Gasteiger partial charge in [0.05, 0.1) is 15.6 Å². The summed E-state index contributed by atoms with van der Waals surface area (Å²) in [5, 5.41) is 5.67. The lowest BCUT2D eigenvalue weighted by Gasteiger charge is -2.07. The number of hydrogen-bond acceptors (Lipinski definition) is 5. The lowest BCUT2D eigenvalue weighted by Crippen LogP contribution is -2.22. The first-order chi connectivity index (χ1) is 13.3. The third-order valence-corrected chi connectivity index (χ3v) is 6.17. The summed E-state index contributed by atoms with van der Waals surface area (Å²) in [6, 6.07) is 12.0. The van der Waals surface area contributed by atoms with E-state index in [4.69, 9.17) is 0 Å². The number of benzene rings is 2. The van der Waals surface area contributed by atoms with Crippen LogP contribution >= 0.6 is 11.3 Å². The van der Waals surface area contributed by atoms with E-state index in [1.807, 2.05) is 36.6 Å². The Balaban J connectivity index is 1.62. The second kappa shape index (κ2) is 8.15. The Morgan fingerprint density at radius 3 is 2.29 bits per heavy atom. The number of aromatic nitrogens is 1. The molecule has 146 valence electrons. The first-order valence-electron chi connectivity index (χ1n) is 8.19. The third-order valence-electron chi connectivity index (χ3n) is 4.00. The zero-order valence-electron chi connectivity index (χ0n) is 14.7. The van der Waals surface area contributed by atoms with Crippen LogP contribution in [0.1, 0.15) is 20.9 Å². The van der Waals surface area contributed by atoms with Gasteiger partial charge in [0, 0.05) is 23.1 Å². The van der Waals surface area contributed by atoms with Gasteiger partial charge in [-0.2, -0.15) is 8.78 Å². The Bertz CT molecular complexity index is 1080. The van der Waals surface area contributed by atoms with Crippen molar-refractivity contribution in [3.05, 3.63) is 70.0 Å². The van der Waals surface area contributed by atoms with Crippen LogP contribution in [-0.2, 0) is 16.4 Å². The third kappa shape index (κ3) is 4.42. The molecular weight excluding hydrogens is 406 g/mol. The molecule has 2 aromatic carbocycles. The number of carbonyl (C=O) groups excluding carboxylic acids is 1. The molecule has 0 aliphatic carbocycles. The number of carbonyl (C=O) groups is 1. The largest absolute Gasteiger partial charge is 0.348 e. The summed E-state index contributed by atoms with van der Waals surface area (Å²) in [6.07, 6.45) is 0. The molecule has 0 atom stereocenters. The minimum Gasteiger partial charge on any atom is -0.348 e. The molecule has 0 aliphatic rings. The average Bonchev–Trinajstić information content (AvgIpc) is 3.13. The molecular formula is C19H16F2N2O3S2. The van der Waals surface area contributed by atoms with Gasteiger partial charge in [-0.3, -0.25) is 4.79 Å². The molecule has 0 bridgehead atoms. The zero-order chi connectivity index (χ0) is 20.3. The van der Waals surface area contributed by atoms with E-state index >= 15 is 0 Å². The van der Waals surface area contributed by atoms with Gasteiger partial charge in [-0.15, -0.1) is 11.3 Å². The first kappa shape index (κ1) is 20.1. The summed E-state index contributed by atoms with van der Waals surface area (Å²) in [5.74, 6) is -3.93.